The van der Waals surface area contributed by atoms with Gasteiger partial charge >= 0.3 is 43.0 Å². The minimum Gasteiger partial charge on any atom is -0.497 e. The van der Waals surface area contributed by atoms with Crippen molar-refractivity contribution < 1.29 is 131 Å². The Morgan fingerprint density at radius 3 is 1.05 bits per heavy atom. The van der Waals surface area contributed by atoms with Gasteiger partial charge in [-0.1, -0.05) is 53.0 Å². The maximum absolute atomic E-state index is 14.7. The topological polar surface area (TPSA) is 379 Å². The molecule has 15 rings (SSSR count). The monoisotopic (exact) mass is 2110 g/mol. The van der Waals surface area contributed by atoms with Crippen molar-refractivity contribution in [2.45, 2.75) is 181 Å². The molecule has 3 aromatic heterocycles. The summed E-state index contributed by atoms with van der Waals surface area (Å²) in [5, 5.41) is 42.2. The second-order valence-corrected chi connectivity index (χ2v) is 37.0. The summed E-state index contributed by atoms with van der Waals surface area (Å²) in [6.07, 6.45) is -1.01. The Morgan fingerprint density at radius 2 is 0.735 bits per heavy atom. The smallest absolute Gasteiger partial charge is 0.497 e. The second kappa shape index (κ2) is 48.8. The largest absolute Gasteiger partial charge is 0.573 e. The van der Waals surface area contributed by atoms with E-state index >= 15 is 0 Å². The number of rotatable bonds is 36. The zero-order chi connectivity index (χ0) is 107. The predicted octanol–water partition coefficient (Wildman–Crippen LogP) is 21.6. The minimum absolute atomic E-state index is 0.0278. The highest BCUT2D eigenvalue weighted by Gasteiger charge is 2.41. The number of hydrogen-bond acceptors (Lipinski definition) is 26. The number of carbonyl (C=O) groups excluding carboxylic acids is 4. The normalized spacial score (nSPS) is 13.2. The summed E-state index contributed by atoms with van der Waals surface area (Å²) in [5.74, 6) is -2.54. The first kappa shape index (κ1) is 111. The molecule has 782 valence electrons. The Kier molecular flexibility index (Phi) is 36.8. The van der Waals surface area contributed by atoms with Gasteiger partial charge in [-0.2, -0.15) is 15.3 Å². The summed E-state index contributed by atoms with van der Waals surface area (Å²) < 4.78 is 177. The van der Waals surface area contributed by atoms with E-state index in [9.17, 15) is 73.4 Å². The molecule has 45 heteroatoms. The zero-order valence-corrected chi connectivity index (χ0v) is 83.9. The molecule has 1 aliphatic carbocycles. The predicted molar refractivity (Wildman–Crippen MR) is 526 cm³/mol. The number of carbonyl (C=O) groups is 6. The lowest BCUT2D eigenvalue weighted by Gasteiger charge is -2.28. The number of benzene rings is 9. The van der Waals surface area contributed by atoms with Gasteiger partial charge in [0.15, 0.2) is 6.04 Å². The van der Waals surface area contributed by atoms with Gasteiger partial charge in [0.1, 0.15) is 113 Å². The van der Waals surface area contributed by atoms with Gasteiger partial charge < -0.3 is 88.1 Å². The van der Waals surface area contributed by atoms with E-state index in [4.69, 9.17) is 77.8 Å². The Morgan fingerprint density at radius 1 is 0.401 bits per heavy atom. The number of carboxylic acid groups (broad SMARTS) is 2. The van der Waals surface area contributed by atoms with Gasteiger partial charge in [0.25, 0.3) is 11.8 Å². The SMILES string of the molecule is COc1cc(NC(C(=O)N2CCc3c(C)cc(OC(F)(F)F)cc32)c2ccc(Cl)cc2OCCCC(=O)O)cc(-n2cncn2)c1.COc1cc(NC(C(=O)N2CCc3c(C)cc(OC(F)(F)F)cc32)c2ccc(Cl)cc2OCCCC(=O)OC(C)(C)C)cc(-n2cncn2)c1.COc1cc(NC(C(=O)O)c2ccc(Cl)cc2OCCCC(=O)OC(C)(C)C)cc(-n2cncn2)c1.Cc1cc(OC(F)(F)F)cc2c1CCC2. The van der Waals surface area contributed by atoms with Crippen LogP contribution in [0, 0.1) is 20.8 Å². The van der Waals surface area contributed by atoms with Crippen LogP contribution in [-0.2, 0) is 63.9 Å². The van der Waals surface area contributed by atoms with Gasteiger partial charge in [-0.25, -0.2) is 33.8 Å². The van der Waals surface area contributed by atoms with Crippen LogP contribution in [0.1, 0.15) is 160 Å². The highest BCUT2D eigenvalue weighted by molar-refractivity contribution is 6.31. The van der Waals surface area contributed by atoms with Crippen molar-refractivity contribution >= 4 is 98.9 Å². The fourth-order valence-corrected chi connectivity index (χ4v) is 16.8. The van der Waals surface area contributed by atoms with E-state index in [2.05, 4.69) is 60.4 Å². The number of halogens is 12. The summed E-state index contributed by atoms with van der Waals surface area (Å²) >= 11 is 18.8. The Hall–Kier alpha value is -14.9. The molecule has 9 aromatic carbocycles. The fourth-order valence-electron chi connectivity index (χ4n) is 16.3. The van der Waals surface area contributed by atoms with E-state index in [-0.39, 0.29) is 87.8 Å². The van der Waals surface area contributed by atoms with E-state index in [1.54, 1.807) is 159 Å². The van der Waals surface area contributed by atoms with E-state index in [0.29, 0.717) is 137 Å². The van der Waals surface area contributed by atoms with Crippen LogP contribution in [0.4, 0.5) is 68.0 Å². The van der Waals surface area contributed by atoms with Crippen molar-refractivity contribution in [1.82, 2.24) is 44.3 Å². The van der Waals surface area contributed by atoms with Gasteiger partial charge in [-0.3, -0.25) is 24.0 Å². The number of alkyl halides is 9. The molecule has 2 aliphatic heterocycles. The highest BCUT2D eigenvalue weighted by Crippen LogP contribution is 2.46. The molecule has 5 N–H and O–H groups in total. The van der Waals surface area contributed by atoms with Crippen LogP contribution in [0.5, 0.6) is 51.7 Å². The summed E-state index contributed by atoms with van der Waals surface area (Å²) in [4.78, 5) is 91.5. The molecule has 3 aliphatic rings. The number of methoxy groups -OCH3 is 3. The lowest BCUT2D eigenvalue weighted by atomic mass is 10.0. The number of hydrogen-bond donors (Lipinski definition) is 5. The average Bonchev–Trinajstić information content (AvgIpc) is 1.66. The van der Waals surface area contributed by atoms with Crippen molar-refractivity contribution in [2.75, 3.05) is 80.0 Å². The average molecular weight is 2110 g/mol. The number of aliphatic carboxylic acids is 2. The Bertz CT molecular complexity index is 6630. The van der Waals surface area contributed by atoms with Gasteiger partial charge in [0, 0.05) is 130 Å². The number of ether oxygens (including phenoxy) is 11. The number of amides is 2. The van der Waals surface area contributed by atoms with Gasteiger partial charge in [-0.15, -0.1) is 39.5 Å². The number of nitrogens with one attached hydrogen (secondary N) is 3. The first-order valence-electron chi connectivity index (χ1n) is 45.9. The van der Waals surface area contributed by atoms with Crippen LogP contribution < -0.4 is 68.4 Å². The molecule has 0 saturated carbocycles. The molecule has 147 heavy (non-hydrogen) atoms. The molecule has 12 aromatic rings. The van der Waals surface area contributed by atoms with Crippen LogP contribution in [0.15, 0.2) is 184 Å². The van der Waals surface area contributed by atoms with Crippen molar-refractivity contribution in [3.05, 3.63) is 254 Å². The van der Waals surface area contributed by atoms with Gasteiger partial charge in [0.2, 0.25) is 0 Å². The van der Waals surface area contributed by atoms with E-state index in [0.717, 1.165) is 41.5 Å². The van der Waals surface area contributed by atoms with Crippen molar-refractivity contribution in [3.63, 3.8) is 0 Å². The lowest BCUT2D eigenvalue weighted by Crippen LogP contribution is -2.37. The quantitative estimate of drug-likeness (QED) is 0.0138. The Balaban J connectivity index is 0.000000184. The van der Waals surface area contributed by atoms with Crippen LogP contribution in [-0.4, -0.2) is 175 Å². The molecular weight excluding hydrogens is 2000 g/mol. The van der Waals surface area contributed by atoms with Crippen LogP contribution in [0.2, 0.25) is 15.1 Å². The maximum atomic E-state index is 14.7. The molecule has 0 fully saturated rings. The van der Waals surface area contributed by atoms with E-state index in [1.165, 1.54) is 131 Å². The molecule has 0 radical (unpaired) electrons. The fraction of sp³-hybridized carbons (Fsp3) is 0.353. The molecular formula is C102H106Cl3F9N14O19. The van der Waals surface area contributed by atoms with E-state index in [1.807, 2.05) is 6.92 Å². The zero-order valence-electron chi connectivity index (χ0n) is 81.7. The summed E-state index contributed by atoms with van der Waals surface area (Å²) in [6, 6.07) is 34.2. The van der Waals surface area contributed by atoms with Gasteiger partial charge in [-0.05, 0) is 231 Å². The summed E-state index contributed by atoms with van der Waals surface area (Å²) in [7, 11) is 4.50. The molecule has 0 saturated heterocycles. The first-order valence-corrected chi connectivity index (χ1v) is 47.0. The van der Waals surface area contributed by atoms with Crippen molar-refractivity contribution in [1.29, 1.82) is 0 Å². The van der Waals surface area contributed by atoms with Crippen molar-refractivity contribution in [3.8, 4) is 68.8 Å². The van der Waals surface area contributed by atoms with Crippen LogP contribution in [0.3, 0.4) is 0 Å². The third-order valence-electron chi connectivity index (χ3n) is 22.4. The second-order valence-electron chi connectivity index (χ2n) is 35.6. The molecule has 0 spiro atoms. The number of nitrogens with zero attached hydrogens (tertiary/aromatic N) is 11. The number of carboxylic acids is 2. The number of fused-ring (bicyclic) bond motifs is 3. The first-order chi connectivity index (χ1) is 69.5. The van der Waals surface area contributed by atoms with Crippen LogP contribution >= 0.6 is 34.8 Å². The molecule has 0 bridgehead atoms. The number of esters is 2. The van der Waals surface area contributed by atoms with Crippen molar-refractivity contribution in [2.24, 2.45) is 0 Å². The lowest BCUT2D eigenvalue weighted by molar-refractivity contribution is -0.275. The summed E-state index contributed by atoms with van der Waals surface area (Å²) in [5.41, 5.74) is 9.36. The van der Waals surface area contributed by atoms with Gasteiger partial charge in [0.05, 0.1) is 69.6 Å². The van der Waals surface area contributed by atoms with E-state index < -0.39 is 83.7 Å². The molecule has 3 unspecified atom stereocenters. The molecule has 2 amide bonds. The highest BCUT2D eigenvalue weighted by atomic mass is 35.5. The molecule has 5 heterocycles. The maximum Gasteiger partial charge on any atom is 0.573 e. The number of aromatic nitrogens is 9. The Labute approximate surface area is 853 Å². The molecule has 33 nitrogen and oxygen atoms in total. The standard InChI is InChI=1S/C35H37ClF3N5O6.C31H29ClF3N5O6.C25H29ClN4O6.C11H11F3O/c1-21-13-26(49-35(37,38)39)18-29-27(21)10-11-43(29)33(46)32(42-23-15-24(17-25(16-23)47-5)44-20-40-19-41-44)28-9-8-22(36)14-30(28)48-12-6-7-31(45)50-34(2,3)4;1-18-10-23(46-31(33,34)35)15-26-24(18)7-8-39(26)30(43)29(25-6-5-19(32)11-27(25)45-9-3-4-28(41)42)38-20-12-21(14-22(13-20)44-2)40-17-36-16-37-40;1-25(2,3)36-22(31)6-5-9-35-21-10-16(26)7-8-20(21)23(24(32)33)29-17-11-18(13-19(12-17)34-4)30-15-27-14-28-30;1-7-5-9(15-11(12,13)14)6-8-3-2-4-10(7)8/h8-9,13-20,32,42H,6-7,10-12H2,1-5H3;5-6,10-17,29,38H,3-4,7-9H2,1-2H3,(H,41,42);7-8,10-15,23,29H,5-6,9H2,1-4H3,(H,32,33);5-6H,2-4H2,1H3. The molecule has 3 atom stereocenters. The number of anilines is 5. The van der Waals surface area contributed by atoms with Crippen LogP contribution in [0.25, 0.3) is 17.1 Å². The summed E-state index contributed by atoms with van der Waals surface area (Å²) in [6.45, 7) is 16.6. The third-order valence-corrected chi connectivity index (χ3v) is 23.1. The minimum atomic E-state index is -4.91. The third kappa shape index (κ3) is 32.0. The number of aryl methyl sites for hydroxylation is 4.